The Balaban J connectivity index is 1.78. The molecule has 0 bridgehead atoms. The van der Waals surface area contributed by atoms with Crippen LogP contribution in [0.4, 0.5) is 5.82 Å². The molecule has 2 aromatic rings. The minimum atomic E-state index is 0.261. The number of aromatic nitrogens is 1. The van der Waals surface area contributed by atoms with Crippen LogP contribution in [-0.2, 0) is 12.8 Å². The zero-order chi connectivity index (χ0) is 19.7. The molecule has 0 unspecified atom stereocenters. The second-order valence-electron chi connectivity index (χ2n) is 8.96. The first-order valence-electron chi connectivity index (χ1n) is 10.7. The summed E-state index contributed by atoms with van der Waals surface area (Å²) in [5.74, 6) is 2.61. The molecule has 0 amide bonds. The van der Waals surface area contributed by atoms with Crippen molar-refractivity contribution in [1.82, 2.24) is 10.0 Å². The first-order chi connectivity index (χ1) is 13.5. The van der Waals surface area contributed by atoms with Gasteiger partial charge in [0.15, 0.2) is 11.5 Å². The van der Waals surface area contributed by atoms with E-state index in [9.17, 15) is 0 Å². The highest BCUT2D eigenvalue weighted by molar-refractivity contribution is 5.89. The van der Waals surface area contributed by atoms with Crippen LogP contribution >= 0.6 is 0 Å². The number of anilines is 1. The predicted octanol–water partition coefficient (Wildman–Crippen LogP) is 4.97. The molecule has 0 atom stereocenters. The van der Waals surface area contributed by atoms with Gasteiger partial charge in [0.05, 0.1) is 12.6 Å². The molecule has 1 aromatic heterocycles. The maximum Gasteiger partial charge on any atom is 0.191 e. The first kappa shape index (κ1) is 19.3. The number of hydroxylamine groups is 2. The van der Waals surface area contributed by atoms with E-state index >= 15 is 0 Å². The van der Waals surface area contributed by atoms with Gasteiger partial charge >= 0.3 is 0 Å². The van der Waals surface area contributed by atoms with Crippen molar-refractivity contribution in [2.24, 2.45) is 5.41 Å². The van der Waals surface area contributed by atoms with Gasteiger partial charge in [-0.25, -0.2) is 4.98 Å². The van der Waals surface area contributed by atoms with Crippen molar-refractivity contribution in [1.29, 1.82) is 0 Å². The number of methoxy groups -OCH3 is 1. The molecule has 5 nitrogen and oxygen atoms in total. The van der Waals surface area contributed by atoms with Crippen LogP contribution in [0, 0.1) is 5.41 Å². The van der Waals surface area contributed by atoms with Crippen LogP contribution in [0.25, 0.3) is 10.9 Å². The fraction of sp³-hybridized carbons (Fsp3) is 0.609. The minimum Gasteiger partial charge on any atom is -0.493 e. The van der Waals surface area contributed by atoms with Crippen molar-refractivity contribution < 1.29 is 9.57 Å². The van der Waals surface area contributed by atoms with E-state index in [1.54, 1.807) is 7.11 Å². The van der Waals surface area contributed by atoms with Crippen LogP contribution in [0.15, 0.2) is 12.1 Å². The highest BCUT2D eigenvalue weighted by atomic mass is 16.7. The van der Waals surface area contributed by atoms with Gasteiger partial charge in [-0.3, -0.25) is 0 Å². The lowest BCUT2D eigenvalue weighted by molar-refractivity contribution is -0.0366. The van der Waals surface area contributed by atoms with Crippen molar-refractivity contribution in [3.05, 3.63) is 23.3 Å². The number of hydrogen-bond acceptors (Lipinski definition) is 5. The van der Waals surface area contributed by atoms with Gasteiger partial charge in [0.1, 0.15) is 5.82 Å². The largest absolute Gasteiger partial charge is 0.493 e. The maximum absolute atomic E-state index is 6.15. The normalized spacial score (nSPS) is 18.4. The summed E-state index contributed by atoms with van der Waals surface area (Å²) in [6.07, 6.45) is 6.83. The Morgan fingerprint density at radius 3 is 2.57 bits per heavy atom. The highest BCUT2D eigenvalue weighted by Crippen LogP contribution is 2.44. The number of benzene rings is 1. The van der Waals surface area contributed by atoms with E-state index in [0.29, 0.717) is 0 Å². The summed E-state index contributed by atoms with van der Waals surface area (Å²) in [6.45, 7) is 9.81. The summed E-state index contributed by atoms with van der Waals surface area (Å²) in [5.41, 5.74) is 4.05. The fourth-order valence-corrected chi connectivity index (χ4v) is 4.47. The number of hydrogen-bond donors (Lipinski definition) is 1. The smallest absolute Gasteiger partial charge is 0.191 e. The third-order valence-corrected chi connectivity index (χ3v) is 5.92. The second kappa shape index (κ2) is 7.78. The monoisotopic (exact) mass is 383 g/mol. The Bertz CT molecular complexity index is 857. The SMILES string of the molecule is CCCCNc1nc2cc(ON3CCCC3)c(OC)cc2c2c1CC(C)(C)C2. The summed E-state index contributed by atoms with van der Waals surface area (Å²) >= 11 is 0. The maximum atomic E-state index is 6.15. The Hall–Kier alpha value is -2.01. The van der Waals surface area contributed by atoms with Crippen LogP contribution in [0.2, 0.25) is 0 Å². The summed E-state index contributed by atoms with van der Waals surface area (Å²) in [7, 11) is 1.72. The quantitative estimate of drug-likeness (QED) is 0.684. The van der Waals surface area contributed by atoms with Crippen molar-refractivity contribution in [2.45, 2.75) is 59.3 Å². The molecule has 1 aliphatic carbocycles. The lowest BCUT2D eigenvalue weighted by Gasteiger charge is -2.19. The molecule has 0 saturated carbocycles. The zero-order valence-corrected chi connectivity index (χ0v) is 17.7. The molecular weight excluding hydrogens is 350 g/mol. The van der Waals surface area contributed by atoms with Gasteiger partial charge in [-0.1, -0.05) is 27.2 Å². The van der Waals surface area contributed by atoms with Gasteiger partial charge in [0.2, 0.25) is 0 Å². The molecule has 4 rings (SSSR count). The van der Waals surface area contributed by atoms with Crippen LogP contribution in [0.5, 0.6) is 11.5 Å². The molecule has 0 spiro atoms. The summed E-state index contributed by atoms with van der Waals surface area (Å²) in [6, 6.07) is 4.19. The van der Waals surface area contributed by atoms with Gasteiger partial charge in [0.25, 0.3) is 0 Å². The van der Waals surface area contributed by atoms with Gasteiger partial charge in [-0.15, -0.1) is 5.06 Å². The van der Waals surface area contributed by atoms with Crippen molar-refractivity contribution >= 4 is 16.7 Å². The molecule has 28 heavy (non-hydrogen) atoms. The van der Waals surface area contributed by atoms with Crippen molar-refractivity contribution in [2.75, 3.05) is 32.1 Å². The summed E-state index contributed by atoms with van der Waals surface area (Å²) < 4.78 is 5.69. The van der Waals surface area contributed by atoms with E-state index in [1.165, 1.54) is 35.8 Å². The number of ether oxygens (including phenoxy) is 1. The molecule has 1 fully saturated rings. The fourth-order valence-electron chi connectivity index (χ4n) is 4.47. The van der Waals surface area contributed by atoms with E-state index < -0.39 is 0 Å². The highest BCUT2D eigenvalue weighted by Gasteiger charge is 2.33. The Labute approximate surface area is 168 Å². The predicted molar refractivity (Wildman–Crippen MR) is 114 cm³/mol. The molecule has 1 saturated heterocycles. The molecule has 1 aromatic carbocycles. The third kappa shape index (κ3) is 3.77. The molecule has 5 heteroatoms. The van der Waals surface area contributed by atoms with Crippen LogP contribution in [-0.4, -0.2) is 36.8 Å². The topological polar surface area (TPSA) is 46.6 Å². The van der Waals surface area contributed by atoms with Crippen molar-refractivity contribution in [3.8, 4) is 11.5 Å². The lowest BCUT2D eigenvalue weighted by Crippen LogP contribution is -2.23. The van der Waals surface area contributed by atoms with E-state index in [-0.39, 0.29) is 5.41 Å². The lowest BCUT2D eigenvalue weighted by atomic mass is 9.90. The molecule has 1 N–H and O–H groups in total. The minimum absolute atomic E-state index is 0.261. The molecular formula is C23H33N3O2. The number of pyridine rings is 1. The summed E-state index contributed by atoms with van der Waals surface area (Å²) in [5, 5.41) is 6.83. The zero-order valence-electron chi connectivity index (χ0n) is 17.7. The molecule has 152 valence electrons. The van der Waals surface area contributed by atoms with Crippen LogP contribution in [0.3, 0.4) is 0 Å². The van der Waals surface area contributed by atoms with Crippen LogP contribution < -0.4 is 14.9 Å². The number of rotatable bonds is 7. The van der Waals surface area contributed by atoms with Crippen LogP contribution in [0.1, 0.15) is 57.6 Å². The van der Waals surface area contributed by atoms with E-state index in [0.717, 1.165) is 61.7 Å². The molecule has 2 aliphatic rings. The first-order valence-corrected chi connectivity index (χ1v) is 10.7. The van der Waals surface area contributed by atoms with Crippen molar-refractivity contribution in [3.63, 3.8) is 0 Å². The van der Waals surface area contributed by atoms with Gasteiger partial charge in [-0.2, -0.15) is 0 Å². The standard InChI is InChI=1S/C23H33N3O2/c1-5-6-9-24-22-18-15-23(2,3)14-17(18)16-12-20(27-4)21(13-19(16)25-22)28-26-10-7-8-11-26/h12-13H,5-11,14-15H2,1-4H3,(H,24,25). The molecule has 2 heterocycles. The van der Waals surface area contributed by atoms with E-state index in [1.807, 2.05) is 5.06 Å². The average Bonchev–Trinajstić information content (AvgIpc) is 3.28. The Kier molecular flexibility index (Phi) is 5.37. The number of nitrogens with one attached hydrogen (secondary N) is 1. The third-order valence-electron chi connectivity index (χ3n) is 5.92. The van der Waals surface area contributed by atoms with Gasteiger partial charge in [0, 0.05) is 31.1 Å². The van der Waals surface area contributed by atoms with Gasteiger partial charge < -0.3 is 14.9 Å². The number of fused-ring (bicyclic) bond motifs is 3. The van der Waals surface area contributed by atoms with E-state index in [4.69, 9.17) is 14.6 Å². The average molecular weight is 384 g/mol. The summed E-state index contributed by atoms with van der Waals surface area (Å²) in [4.78, 5) is 11.2. The number of nitrogens with zero attached hydrogens (tertiary/aromatic N) is 2. The number of unbranched alkanes of at least 4 members (excludes halogenated alkanes) is 1. The second-order valence-corrected chi connectivity index (χ2v) is 8.96. The molecule has 0 radical (unpaired) electrons. The Morgan fingerprint density at radius 1 is 1.11 bits per heavy atom. The van der Waals surface area contributed by atoms with E-state index in [2.05, 4.69) is 38.2 Å². The van der Waals surface area contributed by atoms with Gasteiger partial charge in [-0.05, 0) is 54.7 Å². The molecule has 1 aliphatic heterocycles. The Morgan fingerprint density at radius 2 is 1.86 bits per heavy atom.